The van der Waals surface area contributed by atoms with Crippen LogP contribution in [-0.4, -0.2) is 43.1 Å². The Hall–Kier alpha value is -2.46. The van der Waals surface area contributed by atoms with Crippen molar-refractivity contribution in [2.45, 2.75) is 68.5 Å². The fraction of sp³-hybridized carbons (Fsp3) is 0.654. The topological polar surface area (TPSA) is 133 Å². The van der Waals surface area contributed by atoms with Gasteiger partial charge in [0.25, 0.3) is 10.1 Å². The number of hydrogen-bond acceptors (Lipinski definition) is 8. The summed E-state index contributed by atoms with van der Waals surface area (Å²) in [6.07, 6.45) is 5.94. The van der Waals surface area contributed by atoms with Gasteiger partial charge in [0.1, 0.15) is 18.0 Å². The molecule has 1 saturated heterocycles. The SMILES string of the molecule is O=C(OC1C2CC3C1OC(=O)C3(C(=O)Oc1ccc(S(=O)(=O)O)cc1)C2)C12CC3CC(CC(C3)C1)C2. The molecule has 1 aliphatic heterocycles. The lowest BCUT2D eigenvalue weighted by Gasteiger charge is -2.55. The monoisotopic (exact) mass is 516 g/mol. The molecule has 9 nitrogen and oxygen atoms in total. The van der Waals surface area contributed by atoms with Gasteiger partial charge in [-0.25, -0.2) is 0 Å². The zero-order valence-corrected chi connectivity index (χ0v) is 20.4. The summed E-state index contributed by atoms with van der Waals surface area (Å²) >= 11 is 0. The molecule has 0 spiro atoms. The Labute approximate surface area is 208 Å². The highest BCUT2D eigenvalue weighted by Crippen LogP contribution is 2.64. The molecule has 0 amide bonds. The van der Waals surface area contributed by atoms with Crippen LogP contribution in [0.2, 0.25) is 0 Å². The molecule has 8 rings (SSSR count). The number of fused-ring (bicyclic) bond motifs is 1. The number of carbonyl (C=O) groups excluding carboxylic acids is 3. The maximum absolute atomic E-state index is 13.5. The number of ether oxygens (including phenoxy) is 3. The Balaban J connectivity index is 1.07. The lowest BCUT2D eigenvalue weighted by atomic mass is 9.49. The Morgan fingerprint density at radius 3 is 2.11 bits per heavy atom. The molecule has 7 fully saturated rings. The largest absolute Gasteiger partial charge is 0.458 e. The molecule has 1 aromatic carbocycles. The average Bonchev–Trinajstić information content (AvgIpc) is 3.40. The van der Waals surface area contributed by atoms with Crippen LogP contribution in [0, 0.1) is 40.4 Å². The highest BCUT2D eigenvalue weighted by molar-refractivity contribution is 7.85. The molecule has 5 unspecified atom stereocenters. The van der Waals surface area contributed by atoms with E-state index < -0.39 is 51.0 Å². The van der Waals surface area contributed by atoms with E-state index in [-0.39, 0.29) is 29.0 Å². The van der Waals surface area contributed by atoms with Crippen molar-refractivity contribution in [3.05, 3.63) is 24.3 Å². The van der Waals surface area contributed by atoms with Gasteiger partial charge in [-0.2, -0.15) is 8.42 Å². The van der Waals surface area contributed by atoms with Crippen molar-refractivity contribution in [2.24, 2.45) is 40.4 Å². The predicted molar refractivity (Wildman–Crippen MR) is 121 cm³/mol. The standard InChI is InChI=1S/C26H28O9S/c27-22(25-9-13-5-14(10-25)7-15(6-13)11-25)34-20-16-8-19-21(20)35-24(29)26(19,12-16)23(28)33-17-1-3-18(4-2-17)36(30,31)32/h1-4,13-16,19-21H,5-12H2,(H,30,31,32). The number of rotatable bonds is 5. The van der Waals surface area contributed by atoms with Crippen molar-refractivity contribution in [2.75, 3.05) is 0 Å². The quantitative estimate of drug-likeness (QED) is 0.271. The molecular weight excluding hydrogens is 488 g/mol. The van der Waals surface area contributed by atoms with Gasteiger partial charge < -0.3 is 14.2 Å². The zero-order valence-electron chi connectivity index (χ0n) is 19.6. The molecule has 6 saturated carbocycles. The Bertz CT molecular complexity index is 1230. The van der Waals surface area contributed by atoms with Gasteiger partial charge in [0.15, 0.2) is 5.41 Å². The van der Waals surface area contributed by atoms with E-state index >= 15 is 0 Å². The molecule has 0 aromatic heterocycles. The van der Waals surface area contributed by atoms with Crippen LogP contribution in [0.1, 0.15) is 51.4 Å². The van der Waals surface area contributed by atoms with Gasteiger partial charge in [0, 0.05) is 11.8 Å². The minimum atomic E-state index is -4.38. The van der Waals surface area contributed by atoms with Crippen LogP contribution in [0.5, 0.6) is 5.75 Å². The molecule has 1 N–H and O–H groups in total. The lowest BCUT2D eigenvalue weighted by Crippen LogP contribution is -2.52. The smallest absolute Gasteiger partial charge is 0.329 e. The fourth-order valence-corrected chi connectivity index (χ4v) is 9.40. The Kier molecular flexibility index (Phi) is 4.61. The van der Waals surface area contributed by atoms with Crippen molar-refractivity contribution in [1.82, 2.24) is 0 Å². The van der Waals surface area contributed by atoms with Crippen LogP contribution in [0.4, 0.5) is 0 Å². The molecule has 6 bridgehead atoms. The van der Waals surface area contributed by atoms with Crippen LogP contribution in [0.15, 0.2) is 29.2 Å². The molecule has 1 heterocycles. The van der Waals surface area contributed by atoms with Gasteiger partial charge in [0.2, 0.25) is 0 Å². The first-order valence-electron chi connectivity index (χ1n) is 12.8. The molecule has 36 heavy (non-hydrogen) atoms. The summed E-state index contributed by atoms with van der Waals surface area (Å²) in [6.45, 7) is 0. The second-order valence-electron chi connectivity index (χ2n) is 12.1. The van der Waals surface area contributed by atoms with E-state index in [4.69, 9.17) is 18.8 Å². The van der Waals surface area contributed by atoms with Crippen molar-refractivity contribution >= 4 is 28.0 Å². The van der Waals surface area contributed by atoms with Crippen molar-refractivity contribution in [3.8, 4) is 5.75 Å². The summed E-state index contributed by atoms with van der Waals surface area (Å²) in [5.74, 6) is -0.209. The minimum Gasteiger partial charge on any atom is -0.458 e. The van der Waals surface area contributed by atoms with E-state index in [2.05, 4.69) is 0 Å². The number of esters is 3. The maximum Gasteiger partial charge on any atom is 0.329 e. The van der Waals surface area contributed by atoms with Gasteiger partial charge in [-0.05, 0) is 93.4 Å². The van der Waals surface area contributed by atoms with Gasteiger partial charge in [-0.15, -0.1) is 0 Å². The summed E-state index contributed by atoms with van der Waals surface area (Å²) in [4.78, 5) is 39.4. The molecule has 7 aliphatic rings. The normalized spacial score (nSPS) is 43.5. The third-order valence-electron chi connectivity index (χ3n) is 9.98. The first-order valence-corrected chi connectivity index (χ1v) is 14.2. The summed E-state index contributed by atoms with van der Waals surface area (Å²) in [5, 5.41) is 0. The molecule has 10 heteroatoms. The third kappa shape index (κ3) is 3.09. The summed E-state index contributed by atoms with van der Waals surface area (Å²) in [7, 11) is -4.38. The van der Waals surface area contributed by atoms with Crippen LogP contribution in [0.3, 0.4) is 0 Å². The lowest BCUT2D eigenvalue weighted by molar-refractivity contribution is -0.185. The molecule has 5 atom stereocenters. The summed E-state index contributed by atoms with van der Waals surface area (Å²) in [6, 6.07) is 4.73. The Morgan fingerprint density at radius 1 is 0.917 bits per heavy atom. The summed E-state index contributed by atoms with van der Waals surface area (Å²) in [5.41, 5.74) is -1.84. The molecular formula is C26H28O9S. The Morgan fingerprint density at radius 2 is 1.53 bits per heavy atom. The van der Waals surface area contributed by atoms with Crippen LogP contribution < -0.4 is 4.74 Å². The van der Waals surface area contributed by atoms with E-state index in [0.717, 1.165) is 31.4 Å². The van der Waals surface area contributed by atoms with Gasteiger partial charge in [-0.3, -0.25) is 18.9 Å². The molecule has 192 valence electrons. The van der Waals surface area contributed by atoms with E-state index in [9.17, 15) is 22.8 Å². The van der Waals surface area contributed by atoms with E-state index in [1.807, 2.05) is 0 Å². The first-order chi connectivity index (χ1) is 17.1. The van der Waals surface area contributed by atoms with Gasteiger partial charge in [0.05, 0.1) is 10.3 Å². The second kappa shape index (κ2) is 7.31. The van der Waals surface area contributed by atoms with Crippen molar-refractivity contribution in [1.29, 1.82) is 0 Å². The van der Waals surface area contributed by atoms with Crippen LogP contribution in [-0.2, 0) is 34.0 Å². The molecule has 6 aliphatic carbocycles. The summed E-state index contributed by atoms with van der Waals surface area (Å²) < 4.78 is 48.9. The van der Waals surface area contributed by atoms with Crippen LogP contribution in [0.25, 0.3) is 0 Å². The number of carbonyl (C=O) groups is 3. The van der Waals surface area contributed by atoms with Gasteiger partial charge in [-0.1, -0.05) is 0 Å². The maximum atomic E-state index is 13.5. The molecule has 1 aromatic rings. The number of benzene rings is 1. The average molecular weight is 517 g/mol. The third-order valence-corrected chi connectivity index (χ3v) is 10.8. The second-order valence-corrected chi connectivity index (χ2v) is 13.5. The first kappa shape index (κ1) is 22.7. The van der Waals surface area contributed by atoms with E-state index in [0.29, 0.717) is 24.2 Å². The highest BCUT2D eigenvalue weighted by Gasteiger charge is 2.76. The van der Waals surface area contributed by atoms with E-state index in [1.165, 1.54) is 31.4 Å². The van der Waals surface area contributed by atoms with Crippen molar-refractivity contribution < 1.29 is 41.6 Å². The predicted octanol–water partition coefficient (Wildman–Crippen LogP) is 2.92. The highest BCUT2D eigenvalue weighted by atomic mass is 32.2. The number of hydrogen-bond donors (Lipinski definition) is 1. The minimum absolute atomic E-state index is 0.0607. The van der Waals surface area contributed by atoms with Crippen molar-refractivity contribution in [3.63, 3.8) is 0 Å². The zero-order chi connectivity index (χ0) is 25.0. The van der Waals surface area contributed by atoms with Crippen LogP contribution >= 0.6 is 0 Å². The fourth-order valence-electron chi connectivity index (χ4n) is 8.92. The molecule has 0 radical (unpaired) electrons. The van der Waals surface area contributed by atoms with Gasteiger partial charge >= 0.3 is 17.9 Å². The van der Waals surface area contributed by atoms with E-state index in [1.54, 1.807) is 0 Å².